The molecular formula is C16H22BrClN2O. The number of halogens is 2. The van der Waals surface area contributed by atoms with E-state index in [0.717, 1.165) is 35.9 Å². The number of nitrogens with one attached hydrogen (secondary N) is 1. The van der Waals surface area contributed by atoms with Gasteiger partial charge in [0.05, 0.1) is 10.6 Å². The van der Waals surface area contributed by atoms with E-state index >= 15 is 0 Å². The van der Waals surface area contributed by atoms with Gasteiger partial charge in [0, 0.05) is 30.7 Å². The second-order valence-electron chi connectivity index (χ2n) is 6.09. The number of amides is 1. The van der Waals surface area contributed by atoms with Crippen molar-refractivity contribution in [2.75, 3.05) is 26.2 Å². The molecule has 116 valence electrons. The lowest BCUT2D eigenvalue weighted by Gasteiger charge is -2.34. The Morgan fingerprint density at radius 1 is 1.38 bits per heavy atom. The summed E-state index contributed by atoms with van der Waals surface area (Å²) in [4.78, 5) is 14.6. The van der Waals surface area contributed by atoms with Crippen molar-refractivity contribution < 1.29 is 4.79 Å². The number of carbonyl (C=O) groups excluding carboxylic acids is 1. The van der Waals surface area contributed by atoms with E-state index in [0.29, 0.717) is 17.1 Å². The molecule has 5 heteroatoms. The van der Waals surface area contributed by atoms with E-state index in [1.165, 1.54) is 6.42 Å². The SMILES string of the molecule is CC1CC(C)CN(CCNC(=O)c2cc(Br)ccc2Cl)C1. The van der Waals surface area contributed by atoms with E-state index < -0.39 is 0 Å². The molecular weight excluding hydrogens is 352 g/mol. The fourth-order valence-corrected chi connectivity index (χ4v) is 3.63. The minimum atomic E-state index is -0.112. The fourth-order valence-electron chi connectivity index (χ4n) is 3.07. The van der Waals surface area contributed by atoms with Gasteiger partial charge in [0.15, 0.2) is 0 Å². The lowest BCUT2D eigenvalue weighted by Crippen LogP contribution is -2.42. The van der Waals surface area contributed by atoms with Crippen LogP contribution in [-0.2, 0) is 0 Å². The Hall–Kier alpha value is -0.580. The Morgan fingerprint density at radius 3 is 2.71 bits per heavy atom. The van der Waals surface area contributed by atoms with Gasteiger partial charge in [-0.25, -0.2) is 0 Å². The van der Waals surface area contributed by atoms with Crippen molar-refractivity contribution in [3.63, 3.8) is 0 Å². The van der Waals surface area contributed by atoms with E-state index in [1.54, 1.807) is 12.1 Å². The largest absolute Gasteiger partial charge is 0.351 e. The minimum absolute atomic E-state index is 0.112. The average Bonchev–Trinajstić information content (AvgIpc) is 2.40. The highest BCUT2D eigenvalue weighted by molar-refractivity contribution is 9.10. The molecule has 0 aliphatic carbocycles. The predicted octanol–water partition coefficient (Wildman–Crippen LogP) is 3.81. The van der Waals surface area contributed by atoms with E-state index in [4.69, 9.17) is 11.6 Å². The molecule has 1 aliphatic heterocycles. The van der Waals surface area contributed by atoms with Crippen LogP contribution in [0.15, 0.2) is 22.7 Å². The number of nitrogens with zero attached hydrogens (tertiary/aromatic N) is 1. The number of hydrogen-bond donors (Lipinski definition) is 1. The molecule has 1 heterocycles. The highest BCUT2D eigenvalue weighted by Crippen LogP contribution is 2.21. The van der Waals surface area contributed by atoms with Crippen molar-refractivity contribution in [3.05, 3.63) is 33.3 Å². The van der Waals surface area contributed by atoms with Crippen LogP contribution in [-0.4, -0.2) is 37.0 Å². The summed E-state index contributed by atoms with van der Waals surface area (Å²) in [6.45, 7) is 8.38. The molecule has 2 unspecified atom stereocenters. The Balaban J connectivity index is 1.83. The molecule has 1 fully saturated rings. The van der Waals surface area contributed by atoms with Crippen LogP contribution < -0.4 is 5.32 Å². The Kier molecular flexibility index (Phi) is 6.08. The van der Waals surface area contributed by atoms with E-state index in [2.05, 4.69) is 40.0 Å². The van der Waals surface area contributed by atoms with Crippen LogP contribution in [0.4, 0.5) is 0 Å². The van der Waals surface area contributed by atoms with Gasteiger partial charge in [0.2, 0.25) is 0 Å². The summed E-state index contributed by atoms with van der Waals surface area (Å²) < 4.78 is 0.857. The molecule has 1 aromatic carbocycles. The van der Waals surface area contributed by atoms with Gasteiger partial charge in [-0.05, 0) is 36.5 Å². The molecule has 1 saturated heterocycles. The van der Waals surface area contributed by atoms with Crippen molar-refractivity contribution >= 4 is 33.4 Å². The third-order valence-corrected chi connectivity index (χ3v) is 4.65. The van der Waals surface area contributed by atoms with Gasteiger partial charge in [-0.3, -0.25) is 4.79 Å². The Bertz CT molecular complexity index is 499. The number of hydrogen-bond acceptors (Lipinski definition) is 2. The van der Waals surface area contributed by atoms with Crippen LogP contribution in [0.25, 0.3) is 0 Å². The van der Waals surface area contributed by atoms with Gasteiger partial charge in [-0.1, -0.05) is 41.4 Å². The smallest absolute Gasteiger partial charge is 0.252 e. The Labute approximate surface area is 140 Å². The molecule has 0 spiro atoms. The fraction of sp³-hybridized carbons (Fsp3) is 0.562. The van der Waals surface area contributed by atoms with E-state index in [1.807, 2.05) is 6.07 Å². The molecule has 1 N–H and O–H groups in total. The molecule has 2 atom stereocenters. The molecule has 1 aromatic rings. The maximum atomic E-state index is 12.2. The van der Waals surface area contributed by atoms with Crippen molar-refractivity contribution in [2.45, 2.75) is 20.3 Å². The van der Waals surface area contributed by atoms with Crippen LogP contribution in [0, 0.1) is 11.8 Å². The zero-order valence-corrected chi connectivity index (χ0v) is 14.9. The van der Waals surface area contributed by atoms with Gasteiger partial charge >= 0.3 is 0 Å². The Morgan fingerprint density at radius 2 is 2.05 bits per heavy atom. The lowest BCUT2D eigenvalue weighted by atomic mass is 9.92. The quantitative estimate of drug-likeness (QED) is 0.870. The van der Waals surface area contributed by atoms with E-state index in [9.17, 15) is 4.79 Å². The number of benzene rings is 1. The monoisotopic (exact) mass is 372 g/mol. The third-order valence-electron chi connectivity index (χ3n) is 3.83. The summed E-state index contributed by atoms with van der Waals surface area (Å²) >= 11 is 9.43. The summed E-state index contributed by atoms with van der Waals surface area (Å²) in [5.74, 6) is 1.37. The third kappa shape index (κ3) is 4.97. The van der Waals surface area contributed by atoms with Crippen molar-refractivity contribution in [3.8, 4) is 0 Å². The normalized spacial score (nSPS) is 23.0. The molecule has 0 saturated carbocycles. The first kappa shape index (κ1) is 16.8. The minimum Gasteiger partial charge on any atom is -0.351 e. The molecule has 0 radical (unpaired) electrons. The van der Waals surface area contributed by atoms with Gasteiger partial charge in [0.1, 0.15) is 0 Å². The number of rotatable bonds is 4. The number of piperidine rings is 1. The molecule has 3 nitrogen and oxygen atoms in total. The zero-order chi connectivity index (χ0) is 15.4. The molecule has 0 bridgehead atoms. The standard InChI is InChI=1S/C16H22BrClN2O/c1-11-7-12(2)10-20(9-11)6-5-19-16(21)14-8-13(17)3-4-15(14)18/h3-4,8,11-12H,5-7,9-10H2,1-2H3,(H,19,21). The first-order chi connectivity index (χ1) is 9.95. The van der Waals surface area contributed by atoms with Gasteiger partial charge in [0.25, 0.3) is 5.91 Å². The maximum Gasteiger partial charge on any atom is 0.252 e. The van der Waals surface area contributed by atoms with Crippen LogP contribution in [0.3, 0.4) is 0 Å². The molecule has 21 heavy (non-hydrogen) atoms. The predicted molar refractivity (Wildman–Crippen MR) is 90.9 cm³/mol. The molecule has 0 aromatic heterocycles. The van der Waals surface area contributed by atoms with Crippen LogP contribution in [0.5, 0.6) is 0 Å². The van der Waals surface area contributed by atoms with Gasteiger partial charge in [-0.2, -0.15) is 0 Å². The van der Waals surface area contributed by atoms with Crippen LogP contribution in [0.2, 0.25) is 5.02 Å². The highest BCUT2D eigenvalue weighted by Gasteiger charge is 2.21. The van der Waals surface area contributed by atoms with Crippen molar-refractivity contribution in [1.29, 1.82) is 0 Å². The second-order valence-corrected chi connectivity index (χ2v) is 7.41. The van der Waals surface area contributed by atoms with Crippen molar-refractivity contribution in [2.24, 2.45) is 11.8 Å². The summed E-state index contributed by atoms with van der Waals surface area (Å²) in [5, 5.41) is 3.44. The van der Waals surface area contributed by atoms with Crippen LogP contribution in [0.1, 0.15) is 30.6 Å². The second kappa shape index (κ2) is 7.61. The van der Waals surface area contributed by atoms with Crippen LogP contribution >= 0.6 is 27.5 Å². The summed E-state index contributed by atoms with van der Waals surface area (Å²) in [5.41, 5.74) is 0.520. The maximum absolute atomic E-state index is 12.2. The molecule has 2 rings (SSSR count). The highest BCUT2D eigenvalue weighted by atomic mass is 79.9. The summed E-state index contributed by atoms with van der Waals surface area (Å²) in [6, 6.07) is 5.31. The summed E-state index contributed by atoms with van der Waals surface area (Å²) in [6.07, 6.45) is 1.30. The van der Waals surface area contributed by atoms with Gasteiger partial charge < -0.3 is 10.2 Å². The molecule has 1 amide bonds. The zero-order valence-electron chi connectivity index (χ0n) is 12.5. The number of likely N-dealkylation sites (tertiary alicyclic amines) is 1. The van der Waals surface area contributed by atoms with Crippen molar-refractivity contribution in [1.82, 2.24) is 10.2 Å². The molecule has 1 aliphatic rings. The van der Waals surface area contributed by atoms with Gasteiger partial charge in [-0.15, -0.1) is 0 Å². The lowest BCUT2D eigenvalue weighted by molar-refractivity contribution is 0.0936. The first-order valence-electron chi connectivity index (χ1n) is 7.41. The van der Waals surface area contributed by atoms with E-state index in [-0.39, 0.29) is 5.91 Å². The first-order valence-corrected chi connectivity index (χ1v) is 8.58. The topological polar surface area (TPSA) is 32.3 Å². The number of carbonyl (C=O) groups is 1. The average molecular weight is 374 g/mol. The summed E-state index contributed by atoms with van der Waals surface area (Å²) in [7, 11) is 0.